The molecule has 1 saturated carbocycles. The zero-order valence-electron chi connectivity index (χ0n) is 15.1. The number of aliphatic hydroxyl groups is 3. The second-order valence-corrected chi connectivity index (χ2v) is 8.21. The van der Waals surface area contributed by atoms with E-state index in [1.165, 1.54) is 18.4 Å². The third-order valence-electron chi connectivity index (χ3n) is 5.53. The highest BCUT2D eigenvalue weighted by atomic mass is 35.5. The van der Waals surface area contributed by atoms with Gasteiger partial charge < -0.3 is 20.1 Å². The van der Waals surface area contributed by atoms with Gasteiger partial charge in [0.05, 0.1) is 18.8 Å². The highest BCUT2D eigenvalue weighted by Crippen LogP contribution is 2.40. The maximum Gasteiger partial charge on any atom is 0.195 e. The summed E-state index contributed by atoms with van der Waals surface area (Å²) in [4.78, 5) is 0. The lowest BCUT2D eigenvalue weighted by molar-refractivity contribution is -0.286. The second-order valence-electron chi connectivity index (χ2n) is 7.80. The lowest BCUT2D eigenvalue weighted by Gasteiger charge is -2.39. The summed E-state index contributed by atoms with van der Waals surface area (Å²) in [6, 6.07) is 13.9. The molecule has 0 radical (unpaired) electrons. The number of halogens is 1. The van der Waals surface area contributed by atoms with E-state index >= 15 is 0 Å². The first kappa shape index (κ1) is 18.9. The summed E-state index contributed by atoms with van der Waals surface area (Å²) in [6.07, 6.45) is 2.29. The van der Waals surface area contributed by atoms with Gasteiger partial charge in [-0.2, -0.15) is 0 Å². The maximum atomic E-state index is 11.0. The van der Waals surface area contributed by atoms with Gasteiger partial charge in [-0.15, -0.1) is 0 Å². The van der Waals surface area contributed by atoms with Gasteiger partial charge in [0.15, 0.2) is 5.79 Å². The van der Waals surface area contributed by atoms with Crippen LogP contribution < -0.4 is 0 Å². The maximum absolute atomic E-state index is 11.0. The molecule has 0 aromatic heterocycles. The summed E-state index contributed by atoms with van der Waals surface area (Å²) in [6.45, 7) is -0.243. The van der Waals surface area contributed by atoms with Gasteiger partial charge in [0.25, 0.3) is 0 Å². The van der Waals surface area contributed by atoms with Gasteiger partial charge in [-0.05, 0) is 54.0 Å². The third kappa shape index (κ3) is 4.20. The van der Waals surface area contributed by atoms with Crippen LogP contribution >= 0.6 is 11.6 Å². The molecule has 5 heteroatoms. The fourth-order valence-electron chi connectivity index (χ4n) is 3.87. The fourth-order valence-corrected chi connectivity index (χ4v) is 4.06. The molecule has 2 aromatic rings. The van der Waals surface area contributed by atoms with Crippen molar-refractivity contribution < 1.29 is 20.1 Å². The zero-order valence-corrected chi connectivity index (χ0v) is 15.9. The Morgan fingerprint density at radius 1 is 1.11 bits per heavy atom. The first-order chi connectivity index (χ1) is 13.0. The molecule has 144 valence electrons. The van der Waals surface area contributed by atoms with Crippen molar-refractivity contribution in [3.8, 4) is 0 Å². The van der Waals surface area contributed by atoms with E-state index in [1.54, 1.807) is 12.1 Å². The molecular weight excluding hydrogens is 364 g/mol. The quantitative estimate of drug-likeness (QED) is 0.733. The predicted molar refractivity (Wildman–Crippen MR) is 104 cm³/mol. The SMILES string of the molecule is OCC1CC(O)C[C@](O)(c2ccc(Cl)c(Cc3ccc(C4CC4)cc3)c2)O1. The average Bonchev–Trinajstić information content (AvgIpc) is 3.48. The molecule has 2 fully saturated rings. The molecule has 2 aromatic carbocycles. The summed E-state index contributed by atoms with van der Waals surface area (Å²) in [5, 5.41) is 31.0. The van der Waals surface area contributed by atoms with Crippen LogP contribution in [0.5, 0.6) is 0 Å². The van der Waals surface area contributed by atoms with E-state index in [9.17, 15) is 15.3 Å². The Labute approximate surface area is 164 Å². The van der Waals surface area contributed by atoms with Crippen LogP contribution in [0.3, 0.4) is 0 Å². The number of rotatable bonds is 5. The number of hydrogen-bond acceptors (Lipinski definition) is 4. The summed E-state index contributed by atoms with van der Waals surface area (Å²) in [7, 11) is 0. The van der Waals surface area contributed by atoms with Crippen molar-refractivity contribution in [2.45, 2.75) is 56.0 Å². The second kappa shape index (κ2) is 7.53. The Hall–Kier alpha value is -1.43. The molecule has 0 amide bonds. The predicted octanol–water partition coefficient (Wildman–Crippen LogP) is 3.49. The average molecular weight is 389 g/mol. The fraction of sp³-hybridized carbons (Fsp3) is 0.455. The van der Waals surface area contributed by atoms with Gasteiger partial charge >= 0.3 is 0 Å². The summed E-state index contributed by atoms with van der Waals surface area (Å²) < 4.78 is 5.68. The van der Waals surface area contributed by atoms with Crippen molar-refractivity contribution in [3.05, 3.63) is 69.7 Å². The van der Waals surface area contributed by atoms with Gasteiger partial charge in [-0.3, -0.25) is 0 Å². The van der Waals surface area contributed by atoms with Crippen molar-refractivity contribution in [1.82, 2.24) is 0 Å². The van der Waals surface area contributed by atoms with Crippen LogP contribution in [-0.4, -0.2) is 34.1 Å². The molecule has 2 unspecified atom stereocenters. The minimum absolute atomic E-state index is 0.0701. The third-order valence-corrected chi connectivity index (χ3v) is 5.90. The highest BCUT2D eigenvalue weighted by Gasteiger charge is 2.41. The summed E-state index contributed by atoms with van der Waals surface area (Å²) in [5.41, 5.74) is 4.00. The van der Waals surface area contributed by atoms with E-state index in [1.807, 2.05) is 6.07 Å². The van der Waals surface area contributed by atoms with Gasteiger partial charge in [0, 0.05) is 23.4 Å². The van der Waals surface area contributed by atoms with Crippen LogP contribution in [0.4, 0.5) is 0 Å². The van der Waals surface area contributed by atoms with Gasteiger partial charge in [-0.1, -0.05) is 41.9 Å². The van der Waals surface area contributed by atoms with Crippen molar-refractivity contribution in [1.29, 1.82) is 0 Å². The Bertz CT molecular complexity index is 802. The van der Waals surface area contributed by atoms with E-state index in [0.29, 0.717) is 23.4 Å². The van der Waals surface area contributed by atoms with Crippen LogP contribution in [0.15, 0.2) is 42.5 Å². The minimum Gasteiger partial charge on any atom is -0.394 e. The van der Waals surface area contributed by atoms with E-state index < -0.39 is 18.0 Å². The molecule has 27 heavy (non-hydrogen) atoms. The number of hydrogen-bond donors (Lipinski definition) is 3. The van der Waals surface area contributed by atoms with Crippen LogP contribution in [0.2, 0.25) is 5.02 Å². The molecule has 0 bridgehead atoms. The van der Waals surface area contributed by atoms with Crippen molar-refractivity contribution in [2.24, 2.45) is 0 Å². The molecule has 2 aliphatic rings. The molecule has 1 aliphatic heterocycles. The molecule has 3 atom stereocenters. The molecular formula is C22H25ClO4. The van der Waals surface area contributed by atoms with Gasteiger partial charge in [0.2, 0.25) is 0 Å². The first-order valence-corrected chi connectivity index (χ1v) is 9.91. The zero-order chi connectivity index (χ0) is 19.0. The molecule has 1 saturated heterocycles. The Balaban J connectivity index is 1.57. The van der Waals surface area contributed by atoms with Gasteiger partial charge in [0.1, 0.15) is 0 Å². The van der Waals surface area contributed by atoms with Crippen molar-refractivity contribution in [2.75, 3.05) is 6.61 Å². The molecule has 4 nitrogen and oxygen atoms in total. The van der Waals surface area contributed by atoms with Crippen LogP contribution in [0.1, 0.15) is 53.9 Å². The number of aliphatic hydroxyl groups excluding tert-OH is 2. The summed E-state index contributed by atoms with van der Waals surface area (Å²) in [5.74, 6) is -0.894. The minimum atomic E-state index is -1.62. The standard InChI is InChI=1S/C22H25ClO4/c23-21-8-7-18(22(26)12-19(25)11-20(13-24)27-22)10-17(21)9-14-1-3-15(4-2-14)16-5-6-16/h1-4,7-8,10,16,19-20,24-26H,5-6,9,11-13H2/t19?,20?,22-/m1/s1. The molecule has 0 spiro atoms. The van der Waals surface area contributed by atoms with Crippen LogP contribution in [0, 0.1) is 0 Å². The molecule has 1 aliphatic carbocycles. The van der Waals surface area contributed by atoms with E-state index in [-0.39, 0.29) is 13.0 Å². The number of benzene rings is 2. The van der Waals surface area contributed by atoms with Crippen molar-refractivity contribution >= 4 is 11.6 Å². The lowest BCUT2D eigenvalue weighted by atomic mass is 9.91. The Kier molecular flexibility index (Phi) is 5.28. The molecule has 3 N–H and O–H groups in total. The smallest absolute Gasteiger partial charge is 0.195 e. The Morgan fingerprint density at radius 3 is 2.52 bits per heavy atom. The lowest BCUT2D eigenvalue weighted by Crippen LogP contribution is -2.45. The molecule has 4 rings (SSSR count). The summed E-state index contributed by atoms with van der Waals surface area (Å²) >= 11 is 6.39. The van der Waals surface area contributed by atoms with Crippen LogP contribution in [0.25, 0.3) is 0 Å². The Morgan fingerprint density at radius 2 is 1.85 bits per heavy atom. The normalized spacial score (nSPS) is 28.3. The van der Waals surface area contributed by atoms with E-state index in [2.05, 4.69) is 24.3 Å². The molecule has 1 heterocycles. The topological polar surface area (TPSA) is 69.9 Å². The number of ether oxygens (including phenoxy) is 1. The monoisotopic (exact) mass is 388 g/mol. The van der Waals surface area contributed by atoms with Crippen molar-refractivity contribution in [3.63, 3.8) is 0 Å². The first-order valence-electron chi connectivity index (χ1n) is 9.54. The largest absolute Gasteiger partial charge is 0.394 e. The van der Waals surface area contributed by atoms with Gasteiger partial charge in [-0.25, -0.2) is 0 Å². The van der Waals surface area contributed by atoms with E-state index in [0.717, 1.165) is 17.0 Å². The van der Waals surface area contributed by atoms with E-state index in [4.69, 9.17) is 16.3 Å². The van der Waals surface area contributed by atoms with Crippen LogP contribution in [-0.2, 0) is 16.9 Å². The highest BCUT2D eigenvalue weighted by molar-refractivity contribution is 6.31.